The van der Waals surface area contributed by atoms with Crippen LogP contribution in [0.15, 0.2) is 47.8 Å². The van der Waals surface area contributed by atoms with Gasteiger partial charge in [-0.15, -0.1) is 0 Å². The van der Waals surface area contributed by atoms with E-state index in [1.807, 2.05) is 13.8 Å². The Morgan fingerprint density at radius 2 is 2.00 bits per heavy atom. The number of nitrogens with one attached hydrogen (secondary N) is 2. The van der Waals surface area contributed by atoms with Gasteiger partial charge in [0.1, 0.15) is 0 Å². The van der Waals surface area contributed by atoms with Gasteiger partial charge in [0.2, 0.25) is 0 Å². The molecule has 8 nitrogen and oxygen atoms in total. The van der Waals surface area contributed by atoms with E-state index in [2.05, 4.69) is 20.8 Å². The molecule has 0 atom stereocenters. The van der Waals surface area contributed by atoms with Gasteiger partial charge in [-0.25, -0.2) is 5.43 Å². The molecule has 2 amide bonds. The summed E-state index contributed by atoms with van der Waals surface area (Å²) < 4.78 is 11.2. The first-order valence-electron chi connectivity index (χ1n) is 9.03. The lowest BCUT2D eigenvalue weighted by molar-refractivity contribution is -0.139. The number of hydrogen-bond donors (Lipinski definition) is 2. The first-order valence-corrected chi connectivity index (χ1v) is 9.03. The summed E-state index contributed by atoms with van der Waals surface area (Å²) in [6.45, 7) is 5.21. The fourth-order valence-electron chi connectivity index (χ4n) is 2.19. The third-order valence-corrected chi connectivity index (χ3v) is 3.49. The zero-order valence-electron chi connectivity index (χ0n) is 16.0. The van der Waals surface area contributed by atoms with E-state index in [1.54, 1.807) is 42.7 Å². The summed E-state index contributed by atoms with van der Waals surface area (Å²) in [5.41, 5.74) is 3.69. The molecule has 2 rings (SSSR count). The van der Waals surface area contributed by atoms with Gasteiger partial charge in [0.05, 0.1) is 19.4 Å². The van der Waals surface area contributed by atoms with Crippen LogP contribution in [0.1, 0.15) is 31.4 Å². The molecule has 1 heterocycles. The first kappa shape index (κ1) is 20.9. The van der Waals surface area contributed by atoms with Crippen molar-refractivity contribution in [3.63, 3.8) is 0 Å². The molecular formula is C20H24N4O4. The van der Waals surface area contributed by atoms with Crippen molar-refractivity contribution in [2.24, 2.45) is 5.10 Å². The van der Waals surface area contributed by atoms with Gasteiger partial charge in [-0.3, -0.25) is 14.6 Å². The quantitative estimate of drug-likeness (QED) is 0.391. The zero-order valence-corrected chi connectivity index (χ0v) is 16.0. The highest BCUT2D eigenvalue weighted by atomic mass is 16.5. The third-order valence-electron chi connectivity index (χ3n) is 3.49. The zero-order chi connectivity index (χ0) is 20.2. The molecule has 0 bridgehead atoms. The van der Waals surface area contributed by atoms with E-state index in [0.29, 0.717) is 30.3 Å². The normalized spacial score (nSPS) is 10.5. The standard InChI is InChI=1S/C20H24N4O4/c1-3-10-28-17-8-7-15(11-18(17)27-4-2)14-23-24-20(26)19(25)22-13-16-6-5-9-21-12-16/h5-9,11-12,14H,3-4,10,13H2,1-2H3,(H,22,25)(H,24,26). The number of ether oxygens (including phenoxy) is 2. The van der Waals surface area contributed by atoms with E-state index in [9.17, 15) is 9.59 Å². The number of rotatable bonds is 9. The van der Waals surface area contributed by atoms with E-state index < -0.39 is 11.8 Å². The van der Waals surface area contributed by atoms with Gasteiger partial charge in [0, 0.05) is 18.9 Å². The molecule has 1 aromatic heterocycles. The predicted molar refractivity (Wildman–Crippen MR) is 105 cm³/mol. The number of benzene rings is 1. The molecule has 28 heavy (non-hydrogen) atoms. The average Bonchev–Trinajstić information content (AvgIpc) is 2.72. The maximum atomic E-state index is 11.8. The Labute approximate surface area is 164 Å². The van der Waals surface area contributed by atoms with Crippen molar-refractivity contribution in [1.29, 1.82) is 0 Å². The molecule has 8 heteroatoms. The second-order valence-corrected chi connectivity index (χ2v) is 5.73. The van der Waals surface area contributed by atoms with E-state index >= 15 is 0 Å². The van der Waals surface area contributed by atoms with Crippen LogP contribution in [-0.4, -0.2) is 36.2 Å². The van der Waals surface area contributed by atoms with Gasteiger partial charge in [-0.05, 0) is 48.7 Å². The van der Waals surface area contributed by atoms with Crippen molar-refractivity contribution < 1.29 is 19.1 Å². The number of hydrazone groups is 1. The summed E-state index contributed by atoms with van der Waals surface area (Å²) in [6.07, 6.45) is 5.56. The van der Waals surface area contributed by atoms with Gasteiger partial charge in [-0.2, -0.15) is 5.10 Å². The molecule has 0 aliphatic rings. The Kier molecular flexibility index (Phi) is 8.45. The van der Waals surface area contributed by atoms with Crippen molar-refractivity contribution in [2.45, 2.75) is 26.8 Å². The minimum Gasteiger partial charge on any atom is -0.490 e. The molecule has 0 saturated heterocycles. The Balaban J connectivity index is 1.89. The number of carbonyl (C=O) groups excluding carboxylic acids is 2. The minimum absolute atomic E-state index is 0.209. The number of amides is 2. The first-order chi connectivity index (χ1) is 13.6. The van der Waals surface area contributed by atoms with E-state index in [4.69, 9.17) is 9.47 Å². The molecule has 2 aromatic rings. The second kappa shape index (κ2) is 11.3. The average molecular weight is 384 g/mol. The van der Waals surface area contributed by atoms with Crippen LogP contribution in [0, 0.1) is 0 Å². The van der Waals surface area contributed by atoms with Gasteiger partial charge < -0.3 is 14.8 Å². The Morgan fingerprint density at radius 1 is 1.14 bits per heavy atom. The summed E-state index contributed by atoms with van der Waals surface area (Å²) in [5, 5.41) is 6.32. The summed E-state index contributed by atoms with van der Waals surface area (Å²) in [4.78, 5) is 27.5. The van der Waals surface area contributed by atoms with Crippen molar-refractivity contribution in [3.05, 3.63) is 53.9 Å². The predicted octanol–water partition coefficient (Wildman–Crippen LogP) is 2.04. The van der Waals surface area contributed by atoms with Gasteiger partial charge >= 0.3 is 11.8 Å². The Morgan fingerprint density at radius 3 is 2.71 bits per heavy atom. The highest BCUT2D eigenvalue weighted by Crippen LogP contribution is 2.28. The van der Waals surface area contributed by atoms with Crippen molar-refractivity contribution in [2.75, 3.05) is 13.2 Å². The lowest BCUT2D eigenvalue weighted by atomic mass is 10.2. The molecule has 0 aliphatic carbocycles. The smallest absolute Gasteiger partial charge is 0.329 e. The summed E-state index contributed by atoms with van der Waals surface area (Å²) in [6, 6.07) is 8.87. The number of hydrogen-bond acceptors (Lipinski definition) is 6. The summed E-state index contributed by atoms with van der Waals surface area (Å²) >= 11 is 0. The highest BCUT2D eigenvalue weighted by Gasteiger charge is 2.12. The molecule has 0 fully saturated rings. The molecule has 0 radical (unpaired) electrons. The Hall–Kier alpha value is -3.42. The summed E-state index contributed by atoms with van der Waals surface area (Å²) in [7, 11) is 0. The molecule has 0 saturated carbocycles. The number of aromatic nitrogens is 1. The lowest BCUT2D eigenvalue weighted by Gasteiger charge is -2.11. The van der Waals surface area contributed by atoms with Crippen LogP contribution in [0.25, 0.3) is 0 Å². The summed E-state index contributed by atoms with van der Waals surface area (Å²) in [5.74, 6) is -0.382. The van der Waals surface area contributed by atoms with E-state index in [0.717, 1.165) is 12.0 Å². The fraction of sp³-hybridized carbons (Fsp3) is 0.300. The van der Waals surface area contributed by atoms with Gasteiger partial charge in [0.25, 0.3) is 0 Å². The monoisotopic (exact) mass is 384 g/mol. The molecule has 0 spiro atoms. The van der Waals surface area contributed by atoms with Crippen LogP contribution in [-0.2, 0) is 16.1 Å². The van der Waals surface area contributed by atoms with Gasteiger partial charge in [0.15, 0.2) is 11.5 Å². The van der Waals surface area contributed by atoms with Crippen LogP contribution in [0.3, 0.4) is 0 Å². The van der Waals surface area contributed by atoms with Gasteiger partial charge in [-0.1, -0.05) is 13.0 Å². The van der Waals surface area contributed by atoms with Crippen LogP contribution < -0.4 is 20.2 Å². The number of pyridine rings is 1. The molecular weight excluding hydrogens is 360 g/mol. The van der Waals surface area contributed by atoms with Crippen LogP contribution in [0.2, 0.25) is 0 Å². The minimum atomic E-state index is -0.854. The lowest BCUT2D eigenvalue weighted by Crippen LogP contribution is -2.37. The molecule has 0 aliphatic heterocycles. The van der Waals surface area contributed by atoms with E-state index in [1.165, 1.54) is 6.21 Å². The van der Waals surface area contributed by atoms with Crippen LogP contribution in [0.4, 0.5) is 0 Å². The molecule has 2 N–H and O–H groups in total. The maximum Gasteiger partial charge on any atom is 0.329 e. The van der Waals surface area contributed by atoms with Crippen molar-refractivity contribution in [1.82, 2.24) is 15.7 Å². The highest BCUT2D eigenvalue weighted by molar-refractivity contribution is 6.35. The number of carbonyl (C=O) groups is 2. The maximum absolute atomic E-state index is 11.8. The van der Waals surface area contributed by atoms with Crippen LogP contribution in [0.5, 0.6) is 11.5 Å². The Bertz CT molecular complexity index is 809. The SMILES string of the molecule is CCCOc1ccc(C=NNC(=O)C(=O)NCc2cccnc2)cc1OCC. The van der Waals surface area contributed by atoms with E-state index in [-0.39, 0.29) is 6.54 Å². The molecule has 1 aromatic carbocycles. The topological polar surface area (TPSA) is 102 Å². The number of nitrogens with zero attached hydrogens (tertiary/aromatic N) is 2. The van der Waals surface area contributed by atoms with Crippen LogP contribution >= 0.6 is 0 Å². The van der Waals surface area contributed by atoms with Crippen molar-refractivity contribution in [3.8, 4) is 11.5 Å². The second-order valence-electron chi connectivity index (χ2n) is 5.73. The fourth-order valence-corrected chi connectivity index (χ4v) is 2.19. The van der Waals surface area contributed by atoms with Crippen molar-refractivity contribution >= 4 is 18.0 Å². The molecule has 148 valence electrons. The largest absolute Gasteiger partial charge is 0.490 e. The molecule has 0 unspecified atom stereocenters. The third kappa shape index (κ3) is 6.71.